The van der Waals surface area contributed by atoms with Crippen molar-refractivity contribution in [2.45, 2.75) is 13.5 Å². The predicted octanol–water partition coefficient (Wildman–Crippen LogP) is 1.88. The number of aromatic nitrogens is 3. The van der Waals surface area contributed by atoms with E-state index < -0.39 is 0 Å². The zero-order valence-corrected chi connectivity index (χ0v) is 9.63. The lowest BCUT2D eigenvalue weighted by atomic mass is 10.3. The number of nitrogens with zero attached hydrogens (tertiary/aromatic N) is 3. The van der Waals surface area contributed by atoms with Crippen LogP contribution in [0, 0.1) is 0 Å². The van der Waals surface area contributed by atoms with Crippen molar-refractivity contribution in [2.75, 3.05) is 11.9 Å². The first-order valence-corrected chi connectivity index (χ1v) is 5.46. The molecule has 88 valence electrons. The molecule has 0 saturated carbocycles. The molecule has 0 aliphatic carbocycles. The molecule has 0 aromatic carbocycles. The third-order valence-electron chi connectivity index (χ3n) is 2.15. The van der Waals surface area contributed by atoms with E-state index in [1.165, 1.54) is 6.33 Å². The maximum atomic E-state index is 5.26. The van der Waals surface area contributed by atoms with Crippen LogP contribution in [0.4, 0.5) is 5.69 Å². The van der Waals surface area contributed by atoms with Gasteiger partial charge < -0.3 is 10.1 Å². The number of pyridine rings is 1. The molecule has 0 unspecified atom stereocenters. The van der Waals surface area contributed by atoms with Gasteiger partial charge in [-0.05, 0) is 19.1 Å². The maximum absolute atomic E-state index is 5.26. The summed E-state index contributed by atoms with van der Waals surface area (Å²) in [5.41, 5.74) is 1.88. The zero-order chi connectivity index (χ0) is 11.9. The van der Waals surface area contributed by atoms with Gasteiger partial charge in [0.05, 0.1) is 30.7 Å². The van der Waals surface area contributed by atoms with E-state index in [9.17, 15) is 0 Å². The number of hydrogen-bond acceptors (Lipinski definition) is 5. The summed E-state index contributed by atoms with van der Waals surface area (Å²) in [6, 6.07) is 5.64. The molecule has 0 spiro atoms. The third kappa shape index (κ3) is 3.41. The molecular formula is C12H14N4O. The maximum Gasteiger partial charge on any atom is 0.213 e. The van der Waals surface area contributed by atoms with Crippen LogP contribution in [0.1, 0.15) is 12.6 Å². The van der Waals surface area contributed by atoms with Gasteiger partial charge in [0.1, 0.15) is 6.33 Å². The Morgan fingerprint density at radius 2 is 2.18 bits per heavy atom. The Hall–Kier alpha value is -2.17. The SMILES string of the molecule is CCOc1ccc(NCc2ccncn2)cn1. The molecule has 1 N–H and O–H groups in total. The highest BCUT2D eigenvalue weighted by atomic mass is 16.5. The molecular weight excluding hydrogens is 216 g/mol. The van der Waals surface area contributed by atoms with Crippen molar-refractivity contribution in [3.05, 3.63) is 42.6 Å². The summed E-state index contributed by atoms with van der Waals surface area (Å²) in [7, 11) is 0. The second-order valence-corrected chi connectivity index (χ2v) is 3.37. The van der Waals surface area contributed by atoms with Gasteiger partial charge in [-0.3, -0.25) is 0 Å². The van der Waals surface area contributed by atoms with Gasteiger partial charge in [0.25, 0.3) is 0 Å². The van der Waals surface area contributed by atoms with Crippen LogP contribution in [0.5, 0.6) is 5.88 Å². The van der Waals surface area contributed by atoms with Gasteiger partial charge in [0, 0.05) is 12.3 Å². The summed E-state index contributed by atoms with van der Waals surface area (Å²) in [6.07, 6.45) is 5.00. The lowest BCUT2D eigenvalue weighted by Crippen LogP contribution is -2.02. The average molecular weight is 230 g/mol. The first-order valence-electron chi connectivity index (χ1n) is 5.46. The lowest BCUT2D eigenvalue weighted by Gasteiger charge is -2.06. The van der Waals surface area contributed by atoms with Crippen LogP contribution < -0.4 is 10.1 Å². The van der Waals surface area contributed by atoms with E-state index in [4.69, 9.17) is 4.74 Å². The van der Waals surface area contributed by atoms with E-state index in [0.29, 0.717) is 19.0 Å². The van der Waals surface area contributed by atoms with Gasteiger partial charge in [0.2, 0.25) is 5.88 Å². The van der Waals surface area contributed by atoms with Crippen molar-refractivity contribution < 1.29 is 4.74 Å². The van der Waals surface area contributed by atoms with E-state index >= 15 is 0 Å². The first-order chi connectivity index (χ1) is 8.38. The quantitative estimate of drug-likeness (QED) is 0.849. The largest absolute Gasteiger partial charge is 0.478 e. The molecule has 5 heteroatoms. The van der Waals surface area contributed by atoms with E-state index in [1.807, 2.05) is 25.1 Å². The molecule has 17 heavy (non-hydrogen) atoms. The fraction of sp³-hybridized carbons (Fsp3) is 0.250. The molecule has 2 aromatic rings. The van der Waals surface area contributed by atoms with Gasteiger partial charge in [-0.25, -0.2) is 15.0 Å². The highest BCUT2D eigenvalue weighted by molar-refractivity contribution is 5.42. The number of rotatable bonds is 5. The van der Waals surface area contributed by atoms with Crippen LogP contribution in [-0.4, -0.2) is 21.6 Å². The standard InChI is InChI=1S/C12H14N4O/c1-2-17-12-4-3-10(8-15-12)14-7-11-5-6-13-9-16-11/h3-6,8-9,14H,2,7H2,1H3. The fourth-order valence-corrected chi connectivity index (χ4v) is 1.33. The van der Waals surface area contributed by atoms with Crippen LogP contribution >= 0.6 is 0 Å². The van der Waals surface area contributed by atoms with E-state index in [0.717, 1.165) is 11.4 Å². The summed E-state index contributed by atoms with van der Waals surface area (Å²) in [4.78, 5) is 12.1. The Labute approximate surface area is 99.9 Å². The Bertz CT molecular complexity index is 444. The fourth-order valence-electron chi connectivity index (χ4n) is 1.33. The third-order valence-corrected chi connectivity index (χ3v) is 2.15. The van der Waals surface area contributed by atoms with Crippen LogP contribution in [0.2, 0.25) is 0 Å². The van der Waals surface area contributed by atoms with Gasteiger partial charge in [-0.2, -0.15) is 0 Å². The summed E-state index contributed by atoms with van der Waals surface area (Å²) in [6.45, 7) is 3.21. The summed E-state index contributed by atoms with van der Waals surface area (Å²) < 4.78 is 5.26. The van der Waals surface area contributed by atoms with Crippen LogP contribution in [0.15, 0.2) is 36.9 Å². The van der Waals surface area contributed by atoms with Gasteiger partial charge in [-0.1, -0.05) is 0 Å². The Morgan fingerprint density at radius 1 is 1.24 bits per heavy atom. The summed E-state index contributed by atoms with van der Waals surface area (Å²) in [5.74, 6) is 0.639. The van der Waals surface area contributed by atoms with Crippen molar-refractivity contribution in [3.8, 4) is 5.88 Å². The number of anilines is 1. The van der Waals surface area contributed by atoms with Crippen molar-refractivity contribution in [2.24, 2.45) is 0 Å². The Morgan fingerprint density at radius 3 is 2.82 bits per heavy atom. The van der Waals surface area contributed by atoms with Crippen LogP contribution in [0.25, 0.3) is 0 Å². The first kappa shape index (κ1) is 11.3. The Balaban J connectivity index is 1.91. The molecule has 0 amide bonds. The number of hydrogen-bond donors (Lipinski definition) is 1. The molecule has 2 aromatic heterocycles. The second-order valence-electron chi connectivity index (χ2n) is 3.37. The van der Waals surface area contributed by atoms with E-state index in [-0.39, 0.29) is 0 Å². The van der Waals surface area contributed by atoms with Gasteiger partial charge in [0.15, 0.2) is 0 Å². The average Bonchev–Trinajstić information content (AvgIpc) is 2.40. The van der Waals surface area contributed by atoms with Crippen molar-refractivity contribution in [3.63, 3.8) is 0 Å². The second kappa shape index (κ2) is 5.79. The topological polar surface area (TPSA) is 59.9 Å². The predicted molar refractivity (Wildman–Crippen MR) is 64.8 cm³/mol. The van der Waals surface area contributed by atoms with Crippen molar-refractivity contribution >= 4 is 5.69 Å². The summed E-state index contributed by atoms with van der Waals surface area (Å²) >= 11 is 0. The van der Waals surface area contributed by atoms with E-state index in [1.54, 1.807) is 12.4 Å². The minimum atomic E-state index is 0.626. The number of nitrogens with one attached hydrogen (secondary N) is 1. The van der Waals surface area contributed by atoms with E-state index in [2.05, 4.69) is 20.3 Å². The molecule has 0 aliphatic heterocycles. The molecule has 0 fully saturated rings. The van der Waals surface area contributed by atoms with Crippen molar-refractivity contribution in [1.82, 2.24) is 15.0 Å². The summed E-state index contributed by atoms with van der Waals surface area (Å²) in [5, 5.41) is 3.22. The molecule has 0 radical (unpaired) electrons. The lowest BCUT2D eigenvalue weighted by molar-refractivity contribution is 0.327. The smallest absolute Gasteiger partial charge is 0.213 e. The molecule has 5 nitrogen and oxygen atoms in total. The monoisotopic (exact) mass is 230 g/mol. The normalized spacial score (nSPS) is 9.94. The van der Waals surface area contributed by atoms with Crippen LogP contribution in [0.3, 0.4) is 0 Å². The molecule has 0 atom stereocenters. The molecule has 2 rings (SSSR count). The number of ether oxygens (including phenoxy) is 1. The molecule has 0 aliphatic rings. The minimum Gasteiger partial charge on any atom is -0.478 e. The zero-order valence-electron chi connectivity index (χ0n) is 9.63. The highest BCUT2D eigenvalue weighted by Gasteiger charge is 1.97. The Kier molecular flexibility index (Phi) is 3.85. The minimum absolute atomic E-state index is 0.626. The molecule has 0 bridgehead atoms. The molecule has 2 heterocycles. The van der Waals surface area contributed by atoms with Crippen molar-refractivity contribution in [1.29, 1.82) is 0 Å². The molecule has 0 saturated heterocycles. The van der Waals surface area contributed by atoms with Gasteiger partial charge in [-0.15, -0.1) is 0 Å². The van der Waals surface area contributed by atoms with Gasteiger partial charge >= 0.3 is 0 Å². The van der Waals surface area contributed by atoms with Crippen LogP contribution in [-0.2, 0) is 6.54 Å². The highest BCUT2D eigenvalue weighted by Crippen LogP contribution is 2.12.